The third-order valence-corrected chi connectivity index (χ3v) is 25.5. The molecule has 0 radical (unpaired) electrons. The Balaban J connectivity index is 0.000000258. The molecule has 0 bridgehead atoms. The summed E-state index contributed by atoms with van der Waals surface area (Å²) < 4.78 is 63.2. The maximum absolute atomic E-state index is 15.8. The molecule has 6 N–H and O–H groups in total. The van der Waals surface area contributed by atoms with Gasteiger partial charge < -0.3 is 44.2 Å². The van der Waals surface area contributed by atoms with Gasteiger partial charge >= 0.3 is 0 Å². The van der Waals surface area contributed by atoms with Crippen molar-refractivity contribution in [3.05, 3.63) is 288 Å². The van der Waals surface area contributed by atoms with E-state index in [2.05, 4.69) is 0 Å². The Morgan fingerprint density at radius 3 is 0.432 bits per heavy atom. The maximum Gasteiger partial charge on any atom is 0.171 e. The highest BCUT2D eigenvalue weighted by atomic mass is 31.2. The molecule has 8 aromatic carbocycles. The average Bonchev–Trinajstić information content (AvgIpc) is 3.56. The van der Waals surface area contributed by atoms with Crippen molar-refractivity contribution in [1.29, 1.82) is 0 Å². The van der Waals surface area contributed by atoms with Crippen LogP contribution in [0.4, 0.5) is 0 Å². The van der Waals surface area contributed by atoms with Gasteiger partial charge in [0.1, 0.15) is 0 Å². The monoisotopic (exact) mass is 1160 g/mol. The fraction of sp³-hybridized carbons (Fsp3) is 0.176. The van der Waals surface area contributed by atoms with Gasteiger partial charge in [0.15, 0.2) is 28.6 Å². The summed E-state index contributed by atoms with van der Waals surface area (Å²) in [6.45, 7) is 12.8. The molecule has 0 spiro atoms. The molecule has 0 heterocycles. The van der Waals surface area contributed by atoms with Crippen LogP contribution in [0, 0.1) is 0 Å². The molecule has 9 nitrogen and oxygen atoms in total. The fourth-order valence-corrected chi connectivity index (χ4v) is 22.8. The Morgan fingerprint density at radius 1 is 0.247 bits per heavy atom. The second-order valence-electron chi connectivity index (χ2n) is 21.9. The van der Waals surface area contributed by atoms with Crippen molar-refractivity contribution in [1.82, 2.24) is 0 Å². The second-order valence-corrected chi connectivity index (χ2v) is 32.8. The summed E-state index contributed by atoms with van der Waals surface area (Å²) in [7, 11) is -15.0. The smallest absolute Gasteiger partial charge is 0.171 e. The van der Waals surface area contributed by atoms with Crippen LogP contribution in [0.3, 0.4) is 0 Å². The lowest BCUT2D eigenvalue weighted by Gasteiger charge is -2.33. The maximum atomic E-state index is 15.8. The Hall–Kier alpha value is -6.56. The van der Waals surface area contributed by atoms with E-state index in [0.717, 1.165) is 0 Å². The first-order chi connectivity index (χ1) is 37.7. The lowest BCUT2D eigenvalue weighted by Crippen LogP contribution is -2.27. The van der Waals surface area contributed by atoms with Gasteiger partial charge in [0.25, 0.3) is 0 Å². The molecule has 0 aliphatic rings. The van der Waals surface area contributed by atoms with Crippen molar-refractivity contribution >= 4 is 71.0 Å². The van der Waals surface area contributed by atoms with E-state index in [9.17, 15) is 20.4 Å². The van der Waals surface area contributed by atoms with Crippen LogP contribution in [0.25, 0.3) is 0 Å². The summed E-state index contributed by atoms with van der Waals surface area (Å²) in [5, 5.41) is 50.1. The second kappa shape index (κ2) is 26.1. The van der Waals surface area contributed by atoms with E-state index in [4.69, 9.17) is 0 Å². The minimum Gasteiger partial charge on any atom is -0.412 e. The summed E-state index contributed by atoms with van der Waals surface area (Å²) in [6.07, 6.45) is 6.18. The fourth-order valence-electron chi connectivity index (χ4n) is 9.46. The normalized spacial score (nSPS) is 13.6. The number of allylic oxidation sites excluding steroid dienone is 4. The molecule has 0 unspecified atom stereocenters. The molecule has 0 amide bonds. The van der Waals surface area contributed by atoms with Crippen LogP contribution in [-0.4, -0.2) is 48.3 Å². The van der Waals surface area contributed by atoms with Crippen LogP contribution in [-0.2, 0) is 18.3 Å². The molecule has 8 aromatic rings. The Kier molecular flexibility index (Phi) is 20.5. The van der Waals surface area contributed by atoms with Crippen LogP contribution in [0.2, 0.25) is 0 Å². The summed E-state index contributed by atoms with van der Waals surface area (Å²) in [4.78, 5) is 0. The van der Waals surface area contributed by atoms with Gasteiger partial charge in [-0.25, -0.2) is 0 Å². The molecule has 0 saturated heterocycles. The quantitative estimate of drug-likeness (QED) is 0.0484. The lowest BCUT2D eigenvalue weighted by atomic mass is 10.1. The first-order valence-corrected chi connectivity index (χ1v) is 33.2. The van der Waals surface area contributed by atoms with Crippen molar-refractivity contribution in [2.75, 3.05) is 0 Å². The molecule has 13 heteroatoms. The molecule has 0 aromatic heterocycles. The first kappa shape index (κ1) is 63.6. The summed E-state index contributed by atoms with van der Waals surface area (Å²) in [5.41, 5.74) is -5.70. The molecule has 0 aliphatic carbocycles. The van der Waals surface area contributed by atoms with Gasteiger partial charge in [-0.1, -0.05) is 243 Å². The zero-order chi connectivity index (χ0) is 58.0. The SMILES string of the molecule is CC(C)(O)/C=C(/C(=C/C(C)(C)O)P(=O)(c1ccccc1)c1ccccc1)P(=O)(c1ccccc1)c1ccccc1.CC(C)(O)/C=C(/C(=C/C(C)(C)O)P(=O)(c1ccccc1)c1ccccc1)P(=O)(c1ccccc1)c1ccccc1.O. The topological polar surface area (TPSA) is 181 Å². The number of rotatable bonds is 18. The van der Waals surface area contributed by atoms with E-state index in [1.165, 1.54) is 0 Å². The van der Waals surface area contributed by atoms with E-state index in [1.807, 2.05) is 146 Å². The van der Waals surface area contributed by atoms with Gasteiger partial charge in [0, 0.05) is 63.7 Å². The molecule has 420 valence electrons. The predicted octanol–water partition coefficient (Wildman–Crippen LogP) is 11.8. The molecular weight excluding hydrogens is 1080 g/mol. The van der Waals surface area contributed by atoms with Gasteiger partial charge in [-0.05, 0) is 79.7 Å². The van der Waals surface area contributed by atoms with Crippen molar-refractivity contribution in [3.8, 4) is 0 Å². The summed E-state index contributed by atoms with van der Waals surface area (Å²) in [5.74, 6) is 0. The first-order valence-electron chi connectivity index (χ1n) is 26.4. The predicted molar refractivity (Wildman–Crippen MR) is 340 cm³/mol. The van der Waals surface area contributed by atoms with Gasteiger partial charge in [0.05, 0.1) is 22.4 Å². The Morgan fingerprint density at radius 2 is 0.346 bits per heavy atom. The number of hydrogen-bond donors (Lipinski definition) is 4. The Labute approximate surface area is 478 Å². The minimum atomic E-state index is -3.76. The molecule has 0 saturated carbocycles. The van der Waals surface area contributed by atoms with Gasteiger partial charge in [0.2, 0.25) is 0 Å². The summed E-state index contributed by atoms with van der Waals surface area (Å²) in [6, 6.07) is 72.7. The average molecular weight is 1160 g/mol. The Bertz CT molecular complexity index is 2990. The van der Waals surface area contributed by atoms with Crippen LogP contribution in [0.15, 0.2) is 288 Å². The zero-order valence-corrected chi connectivity index (χ0v) is 50.7. The molecule has 81 heavy (non-hydrogen) atoms. The van der Waals surface area contributed by atoms with E-state index < -0.39 is 51.0 Å². The lowest BCUT2D eigenvalue weighted by molar-refractivity contribution is 0.130. The highest BCUT2D eigenvalue weighted by Gasteiger charge is 2.46. The van der Waals surface area contributed by atoms with Crippen LogP contribution >= 0.6 is 28.6 Å². The standard InChI is InChI=1S/2C34H36O4P2.H2O/c2*1-33(2,35)25-31(39(37,27-17-9-5-10-18-27)28-19-11-6-12-20-28)32(26-34(3,4)36)40(38,29-21-13-7-14-22-29)30-23-15-8-16-24-30;/h2*5-26,35-36H,1-4H3;1H2/b2*31-25-,32-26-;. The highest BCUT2D eigenvalue weighted by Crippen LogP contribution is 2.67. The van der Waals surface area contributed by atoms with Crippen molar-refractivity contribution in [2.45, 2.75) is 77.8 Å². The molecule has 0 fully saturated rings. The number of benzene rings is 8. The van der Waals surface area contributed by atoms with Crippen molar-refractivity contribution < 1.29 is 44.2 Å². The third kappa shape index (κ3) is 15.1. The van der Waals surface area contributed by atoms with Crippen LogP contribution in [0.1, 0.15) is 55.4 Å². The number of aliphatic hydroxyl groups is 4. The molecular formula is C68H74O9P4. The van der Waals surface area contributed by atoms with Crippen LogP contribution in [0.5, 0.6) is 0 Å². The minimum absolute atomic E-state index is 0. The highest BCUT2D eigenvalue weighted by molar-refractivity contribution is 7.88. The van der Waals surface area contributed by atoms with E-state index in [1.54, 1.807) is 177 Å². The van der Waals surface area contributed by atoms with E-state index in [0.29, 0.717) is 42.4 Å². The van der Waals surface area contributed by atoms with E-state index in [-0.39, 0.29) is 26.7 Å². The summed E-state index contributed by atoms with van der Waals surface area (Å²) >= 11 is 0. The zero-order valence-electron chi connectivity index (χ0n) is 47.1. The molecule has 0 aliphatic heterocycles. The van der Waals surface area contributed by atoms with Gasteiger partial charge in [-0.3, -0.25) is 0 Å². The molecule has 8 rings (SSSR count). The van der Waals surface area contributed by atoms with Gasteiger partial charge in [-0.2, -0.15) is 0 Å². The van der Waals surface area contributed by atoms with Crippen LogP contribution < -0.4 is 42.4 Å². The molecule has 0 atom stereocenters. The van der Waals surface area contributed by atoms with E-state index >= 15 is 18.3 Å². The van der Waals surface area contributed by atoms with Crippen molar-refractivity contribution in [3.63, 3.8) is 0 Å². The third-order valence-electron chi connectivity index (χ3n) is 12.8. The largest absolute Gasteiger partial charge is 0.412 e. The van der Waals surface area contributed by atoms with Gasteiger partial charge in [-0.15, -0.1) is 0 Å². The van der Waals surface area contributed by atoms with Crippen molar-refractivity contribution in [2.24, 2.45) is 0 Å². The number of hydrogen-bond acceptors (Lipinski definition) is 8.